The van der Waals surface area contributed by atoms with Crippen molar-refractivity contribution in [2.75, 3.05) is 11.9 Å². The van der Waals surface area contributed by atoms with Gasteiger partial charge in [-0.15, -0.1) is 0 Å². The second-order valence-electron chi connectivity index (χ2n) is 6.58. The van der Waals surface area contributed by atoms with Gasteiger partial charge in [-0.2, -0.15) is 0 Å². The average Bonchev–Trinajstić information content (AvgIpc) is 3.31. The zero-order valence-corrected chi connectivity index (χ0v) is 16.2. The highest BCUT2D eigenvalue weighted by Crippen LogP contribution is 2.12. The molecule has 9 heteroatoms. The summed E-state index contributed by atoms with van der Waals surface area (Å²) in [4.78, 5) is 51.4. The highest BCUT2D eigenvalue weighted by molar-refractivity contribution is 6.02. The quantitative estimate of drug-likeness (QED) is 0.463. The van der Waals surface area contributed by atoms with E-state index in [-0.39, 0.29) is 24.5 Å². The van der Waals surface area contributed by atoms with Crippen molar-refractivity contribution in [3.63, 3.8) is 0 Å². The molecule has 2 heterocycles. The summed E-state index contributed by atoms with van der Waals surface area (Å²) >= 11 is 0. The molecule has 156 valence electrons. The van der Waals surface area contributed by atoms with Crippen LogP contribution in [0.2, 0.25) is 0 Å². The molecule has 0 unspecified atom stereocenters. The van der Waals surface area contributed by atoms with Crippen molar-refractivity contribution in [3.05, 3.63) is 99.1 Å². The maximum absolute atomic E-state index is 12.5. The van der Waals surface area contributed by atoms with Crippen molar-refractivity contribution < 1.29 is 18.7 Å². The number of esters is 1. The van der Waals surface area contributed by atoms with Crippen LogP contribution in [0.3, 0.4) is 0 Å². The van der Waals surface area contributed by atoms with Crippen LogP contribution in [-0.2, 0) is 11.3 Å². The van der Waals surface area contributed by atoms with Gasteiger partial charge < -0.3 is 19.5 Å². The lowest BCUT2D eigenvalue weighted by Crippen LogP contribution is -2.36. The minimum absolute atomic E-state index is 0.0813. The van der Waals surface area contributed by atoms with Gasteiger partial charge in [0.1, 0.15) is 6.61 Å². The number of aromatic amines is 1. The van der Waals surface area contributed by atoms with E-state index in [4.69, 9.17) is 9.15 Å². The molecule has 0 saturated carbocycles. The molecule has 4 aromatic rings. The first-order chi connectivity index (χ1) is 15.0. The highest BCUT2D eigenvalue weighted by Gasteiger charge is 2.12. The van der Waals surface area contributed by atoms with Crippen molar-refractivity contribution in [1.82, 2.24) is 9.55 Å². The number of H-pyrrole nitrogens is 1. The molecule has 4 rings (SSSR count). The van der Waals surface area contributed by atoms with Crippen LogP contribution in [0.1, 0.15) is 20.9 Å². The van der Waals surface area contributed by atoms with E-state index in [9.17, 15) is 19.2 Å². The van der Waals surface area contributed by atoms with Crippen LogP contribution < -0.4 is 16.6 Å². The SMILES string of the molecule is O=C(OCCn1c(=O)[nH]c2ccccc2c1=O)c1ccc(NC(=O)c2ccco2)cc1. The molecule has 0 fully saturated rings. The number of furan rings is 1. The second kappa shape index (κ2) is 8.54. The number of fused-ring (bicyclic) bond motifs is 1. The Bertz CT molecular complexity index is 1350. The number of rotatable bonds is 6. The molecule has 31 heavy (non-hydrogen) atoms. The first-order valence-electron chi connectivity index (χ1n) is 9.37. The van der Waals surface area contributed by atoms with Crippen LogP contribution >= 0.6 is 0 Å². The van der Waals surface area contributed by atoms with Gasteiger partial charge in [-0.1, -0.05) is 12.1 Å². The number of hydrogen-bond donors (Lipinski definition) is 2. The van der Waals surface area contributed by atoms with Gasteiger partial charge in [0.15, 0.2) is 5.76 Å². The van der Waals surface area contributed by atoms with Crippen molar-refractivity contribution in [1.29, 1.82) is 0 Å². The molecule has 0 atom stereocenters. The lowest BCUT2D eigenvalue weighted by molar-refractivity contribution is 0.0489. The van der Waals surface area contributed by atoms with Gasteiger partial charge in [-0.3, -0.25) is 14.2 Å². The number of carbonyl (C=O) groups is 2. The third kappa shape index (κ3) is 4.30. The van der Waals surface area contributed by atoms with E-state index >= 15 is 0 Å². The molecule has 0 radical (unpaired) electrons. The fourth-order valence-electron chi connectivity index (χ4n) is 3.01. The van der Waals surface area contributed by atoms with Crippen LogP contribution in [0.5, 0.6) is 0 Å². The molecular weight excluding hydrogens is 402 g/mol. The lowest BCUT2D eigenvalue weighted by atomic mass is 10.2. The Morgan fingerprint density at radius 1 is 1.00 bits per heavy atom. The first-order valence-corrected chi connectivity index (χ1v) is 9.37. The topological polar surface area (TPSA) is 123 Å². The monoisotopic (exact) mass is 419 g/mol. The molecule has 0 aliphatic heterocycles. The summed E-state index contributed by atoms with van der Waals surface area (Å²) in [5, 5.41) is 3.02. The van der Waals surface area contributed by atoms with Crippen LogP contribution in [-0.4, -0.2) is 28.0 Å². The Morgan fingerprint density at radius 2 is 1.77 bits per heavy atom. The molecule has 2 N–H and O–H groups in total. The number of amides is 1. The number of carbonyl (C=O) groups excluding carboxylic acids is 2. The number of ether oxygens (including phenoxy) is 1. The second-order valence-corrected chi connectivity index (χ2v) is 6.58. The van der Waals surface area contributed by atoms with Gasteiger partial charge in [-0.05, 0) is 48.5 Å². The summed E-state index contributed by atoms with van der Waals surface area (Å²) in [5.41, 5.74) is 0.163. The molecule has 0 aliphatic rings. The van der Waals surface area contributed by atoms with E-state index in [1.165, 1.54) is 24.5 Å². The van der Waals surface area contributed by atoms with Crippen molar-refractivity contribution in [3.8, 4) is 0 Å². The zero-order valence-electron chi connectivity index (χ0n) is 16.2. The fourth-order valence-corrected chi connectivity index (χ4v) is 3.01. The molecular formula is C22H17N3O6. The number of aromatic nitrogens is 2. The van der Waals surface area contributed by atoms with Crippen LogP contribution in [0.15, 0.2) is 80.9 Å². The van der Waals surface area contributed by atoms with Gasteiger partial charge in [0, 0.05) is 5.69 Å². The van der Waals surface area contributed by atoms with Crippen molar-refractivity contribution in [2.24, 2.45) is 0 Å². The van der Waals surface area contributed by atoms with Gasteiger partial charge in [-0.25, -0.2) is 9.59 Å². The highest BCUT2D eigenvalue weighted by atomic mass is 16.5. The smallest absolute Gasteiger partial charge is 0.338 e. The third-order valence-electron chi connectivity index (χ3n) is 4.56. The first kappa shape index (κ1) is 19.9. The third-order valence-corrected chi connectivity index (χ3v) is 4.56. The molecule has 0 bridgehead atoms. The van der Waals surface area contributed by atoms with E-state index in [2.05, 4.69) is 10.3 Å². The van der Waals surface area contributed by atoms with E-state index in [0.717, 1.165) is 4.57 Å². The number of nitrogens with one attached hydrogen (secondary N) is 2. The maximum Gasteiger partial charge on any atom is 0.338 e. The standard InChI is InChI=1S/C22H17N3O6/c26-19(18-6-3-12-30-18)23-15-9-7-14(8-10-15)21(28)31-13-11-25-20(27)16-4-1-2-5-17(16)24-22(25)29/h1-10,12H,11,13H2,(H,23,26)(H,24,29). The average molecular weight is 419 g/mol. The van der Waals surface area contributed by atoms with Crippen molar-refractivity contribution in [2.45, 2.75) is 6.54 Å². The molecule has 2 aromatic carbocycles. The van der Waals surface area contributed by atoms with Gasteiger partial charge in [0.05, 0.1) is 29.3 Å². The largest absolute Gasteiger partial charge is 0.460 e. The molecule has 2 aromatic heterocycles. The Hall–Kier alpha value is -4.40. The summed E-state index contributed by atoms with van der Waals surface area (Å²) in [6.07, 6.45) is 1.40. The molecule has 1 amide bonds. The van der Waals surface area contributed by atoms with Gasteiger partial charge in [0.2, 0.25) is 0 Å². The Balaban J connectivity index is 1.37. The number of benzene rings is 2. The lowest BCUT2D eigenvalue weighted by Gasteiger charge is -2.08. The molecule has 0 saturated heterocycles. The summed E-state index contributed by atoms with van der Waals surface area (Å²) in [5.74, 6) is -0.858. The van der Waals surface area contributed by atoms with E-state index in [1.807, 2.05) is 0 Å². The summed E-state index contributed by atoms with van der Waals surface area (Å²) in [7, 11) is 0. The normalized spacial score (nSPS) is 10.7. The predicted molar refractivity (Wildman–Crippen MR) is 112 cm³/mol. The predicted octanol–water partition coefficient (Wildman–Crippen LogP) is 2.39. The zero-order chi connectivity index (χ0) is 21.8. The number of hydrogen-bond acceptors (Lipinski definition) is 6. The molecule has 0 spiro atoms. The number of para-hydroxylation sites is 1. The van der Waals surface area contributed by atoms with E-state index in [1.54, 1.807) is 42.5 Å². The van der Waals surface area contributed by atoms with Gasteiger partial charge >= 0.3 is 11.7 Å². The number of anilines is 1. The van der Waals surface area contributed by atoms with Crippen LogP contribution in [0.4, 0.5) is 5.69 Å². The summed E-state index contributed by atoms with van der Waals surface area (Å²) in [6.45, 7) is -0.237. The minimum atomic E-state index is -0.617. The minimum Gasteiger partial charge on any atom is -0.460 e. The maximum atomic E-state index is 12.5. The van der Waals surface area contributed by atoms with E-state index < -0.39 is 23.1 Å². The summed E-state index contributed by atoms with van der Waals surface area (Å²) in [6, 6.07) is 15.9. The van der Waals surface area contributed by atoms with Crippen LogP contribution in [0.25, 0.3) is 10.9 Å². The van der Waals surface area contributed by atoms with Crippen LogP contribution in [0, 0.1) is 0 Å². The van der Waals surface area contributed by atoms with E-state index in [0.29, 0.717) is 16.6 Å². The van der Waals surface area contributed by atoms with Crippen molar-refractivity contribution >= 4 is 28.5 Å². The molecule has 0 aliphatic carbocycles. The Morgan fingerprint density at radius 3 is 2.52 bits per heavy atom. The fraction of sp³-hybridized carbons (Fsp3) is 0.0909. The molecule has 9 nitrogen and oxygen atoms in total. The summed E-state index contributed by atoms with van der Waals surface area (Å²) < 4.78 is 11.2. The Kier molecular flexibility index (Phi) is 5.48. The van der Waals surface area contributed by atoms with Gasteiger partial charge in [0.25, 0.3) is 11.5 Å². The number of nitrogens with zero attached hydrogens (tertiary/aromatic N) is 1. The Labute approximate surface area is 174 Å².